The summed E-state index contributed by atoms with van der Waals surface area (Å²) in [5.41, 5.74) is 1.14. The molecular weight excluding hydrogens is 224 g/mol. The number of halogens is 1. The highest BCUT2D eigenvalue weighted by molar-refractivity contribution is 6.23. The van der Waals surface area contributed by atoms with E-state index in [0.717, 1.165) is 30.8 Å². The lowest BCUT2D eigenvalue weighted by Crippen LogP contribution is -2.29. The van der Waals surface area contributed by atoms with Gasteiger partial charge in [-0.1, -0.05) is 12.1 Å². The Balaban J connectivity index is 2.16. The molecule has 0 radical (unpaired) electrons. The summed E-state index contributed by atoms with van der Waals surface area (Å²) in [6.45, 7) is 2.80. The van der Waals surface area contributed by atoms with Crippen LogP contribution in [0.25, 0.3) is 0 Å². The van der Waals surface area contributed by atoms with Crippen LogP contribution in [0, 0.1) is 0 Å². The summed E-state index contributed by atoms with van der Waals surface area (Å²) in [6, 6.07) is 8.00. The Morgan fingerprint density at radius 3 is 3.00 bits per heavy atom. The van der Waals surface area contributed by atoms with Crippen LogP contribution >= 0.6 is 11.6 Å². The van der Waals surface area contributed by atoms with Gasteiger partial charge >= 0.3 is 0 Å². The molecule has 2 atom stereocenters. The second-order valence-electron chi connectivity index (χ2n) is 4.50. The van der Waals surface area contributed by atoms with E-state index in [-0.39, 0.29) is 11.0 Å². The molecule has 88 valence electrons. The highest BCUT2D eigenvalue weighted by Gasteiger charge is 2.31. The predicted molar refractivity (Wildman–Crippen MR) is 65.2 cm³/mol. The summed E-state index contributed by atoms with van der Waals surface area (Å²) in [7, 11) is 1.67. The number of hydrogen-bond donors (Lipinski definition) is 0. The van der Waals surface area contributed by atoms with Crippen LogP contribution in [0.2, 0.25) is 0 Å². The molecule has 0 aliphatic carbocycles. The Morgan fingerprint density at radius 2 is 2.31 bits per heavy atom. The zero-order valence-corrected chi connectivity index (χ0v) is 10.5. The zero-order chi connectivity index (χ0) is 11.6. The van der Waals surface area contributed by atoms with Gasteiger partial charge in [0.15, 0.2) is 0 Å². The summed E-state index contributed by atoms with van der Waals surface area (Å²) in [5, 5.41) is 0. The molecular formula is C13H17ClO2. The second-order valence-corrected chi connectivity index (χ2v) is 5.42. The van der Waals surface area contributed by atoms with Crippen LogP contribution in [-0.2, 0) is 4.74 Å². The van der Waals surface area contributed by atoms with Gasteiger partial charge in [0, 0.05) is 11.5 Å². The zero-order valence-electron chi connectivity index (χ0n) is 9.70. The molecule has 1 heterocycles. The van der Waals surface area contributed by atoms with Crippen LogP contribution in [0.3, 0.4) is 0 Å². The van der Waals surface area contributed by atoms with Gasteiger partial charge in [0.1, 0.15) is 5.75 Å². The third kappa shape index (κ3) is 2.69. The minimum Gasteiger partial charge on any atom is -0.497 e. The molecule has 1 saturated heterocycles. The fourth-order valence-electron chi connectivity index (χ4n) is 2.02. The summed E-state index contributed by atoms with van der Waals surface area (Å²) in [6.07, 6.45) is 1.85. The van der Waals surface area contributed by atoms with Crippen molar-refractivity contribution in [3.05, 3.63) is 29.8 Å². The maximum Gasteiger partial charge on any atom is 0.119 e. The second kappa shape index (κ2) is 4.64. The van der Waals surface area contributed by atoms with Gasteiger partial charge in [0.05, 0.1) is 13.2 Å². The molecule has 0 saturated carbocycles. The molecule has 1 aromatic carbocycles. The lowest BCUT2D eigenvalue weighted by Gasteiger charge is -2.33. The van der Waals surface area contributed by atoms with Gasteiger partial charge in [-0.2, -0.15) is 0 Å². The molecule has 0 aromatic heterocycles. The first kappa shape index (κ1) is 11.7. The third-order valence-electron chi connectivity index (χ3n) is 3.02. The third-order valence-corrected chi connectivity index (χ3v) is 3.36. The van der Waals surface area contributed by atoms with Gasteiger partial charge in [0.2, 0.25) is 0 Å². The van der Waals surface area contributed by atoms with Crippen molar-refractivity contribution in [1.29, 1.82) is 0 Å². The minimum absolute atomic E-state index is 0.0892. The molecule has 0 N–H and O–H groups in total. The van der Waals surface area contributed by atoms with E-state index in [1.165, 1.54) is 0 Å². The topological polar surface area (TPSA) is 18.5 Å². The normalized spacial score (nSPS) is 30.1. The van der Waals surface area contributed by atoms with E-state index in [2.05, 4.69) is 13.0 Å². The van der Waals surface area contributed by atoms with E-state index >= 15 is 0 Å². The van der Waals surface area contributed by atoms with Crippen molar-refractivity contribution in [2.75, 3.05) is 13.7 Å². The lowest BCUT2D eigenvalue weighted by atomic mass is 9.92. The van der Waals surface area contributed by atoms with Crippen LogP contribution < -0.4 is 4.74 Å². The quantitative estimate of drug-likeness (QED) is 0.737. The summed E-state index contributed by atoms with van der Waals surface area (Å²) in [5.74, 6) is 0.864. The Morgan fingerprint density at radius 1 is 1.50 bits per heavy atom. The average molecular weight is 241 g/mol. The van der Waals surface area contributed by atoms with Gasteiger partial charge in [-0.05, 0) is 37.5 Å². The number of methoxy groups -OCH3 is 1. The molecule has 1 aliphatic rings. The number of ether oxygens (including phenoxy) is 2. The van der Waals surface area contributed by atoms with Gasteiger partial charge < -0.3 is 9.47 Å². The molecule has 2 unspecified atom stereocenters. The summed E-state index contributed by atoms with van der Waals surface area (Å²) >= 11 is 6.38. The van der Waals surface area contributed by atoms with Crippen molar-refractivity contribution in [3.8, 4) is 5.75 Å². The molecule has 16 heavy (non-hydrogen) atoms. The van der Waals surface area contributed by atoms with Crippen LogP contribution in [0.4, 0.5) is 0 Å². The molecule has 1 fully saturated rings. The van der Waals surface area contributed by atoms with Crippen LogP contribution in [0.15, 0.2) is 24.3 Å². The molecule has 1 aromatic rings. The summed E-state index contributed by atoms with van der Waals surface area (Å²) in [4.78, 5) is -0.147. The highest BCUT2D eigenvalue weighted by Crippen LogP contribution is 2.38. The first-order chi connectivity index (χ1) is 7.61. The predicted octanol–water partition coefficient (Wildman–Crippen LogP) is 3.54. The van der Waals surface area contributed by atoms with Crippen molar-refractivity contribution in [2.24, 2.45) is 0 Å². The number of benzene rings is 1. The minimum atomic E-state index is -0.147. The Bertz CT molecular complexity index is 363. The first-order valence-electron chi connectivity index (χ1n) is 5.55. The van der Waals surface area contributed by atoms with E-state index in [1.54, 1.807) is 7.11 Å². The van der Waals surface area contributed by atoms with Crippen LogP contribution in [0.1, 0.15) is 31.4 Å². The molecule has 1 aliphatic heterocycles. The molecule has 3 heteroatoms. The molecule has 0 bridgehead atoms. The van der Waals surface area contributed by atoms with E-state index in [1.807, 2.05) is 18.2 Å². The average Bonchev–Trinajstić information content (AvgIpc) is 2.28. The van der Waals surface area contributed by atoms with Crippen molar-refractivity contribution in [2.45, 2.75) is 30.7 Å². The first-order valence-corrected chi connectivity index (χ1v) is 5.93. The largest absolute Gasteiger partial charge is 0.497 e. The highest BCUT2D eigenvalue weighted by atomic mass is 35.5. The van der Waals surface area contributed by atoms with Crippen molar-refractivity contribution < 1.29 is 9.47 Å². The summed E-state index contributed by atoms with van der Waals surface area (Å²) < 4.78 is 11.0. The lowest BCUT2D eigenvalue weighted by molar-refractivity contribution is 0.000604. The van der Waals surface area contributed by atoms with Crippen LogP contribution in [-0.4, -0.2) is 18.6 Å². The van der Waals surface area contributed by atoms with Crippen molar-refractivity contribution >= 4 is 11.6 Å². The molecule has 0 amide bonds. The SMILES string of the molecule is COc1cccc(C2CC(C)(Cl)CCO2)c1. The Hall–Kier alpha value is -0.730. The fraction of sp³-hybridized carbons (Fsp3) is 0.538. The van der Waals surface area contributed by atoms with Crippen LogP contribution in [0.5, 0.6) is 5.75 Å². The number of rotatable bonds is 2. The number of alkyl halides is 1. The Kier molecular flexibility index (Phi) is 3.41. The van der Waals surface area contributed by atoms with E-state index in [9.17, 15) is 0 Å². The maximum absolute atomic E-state index is 6.38. The maximum atomic E-state index is 6.38. The standard InChI is InChI=1S/C13H17ClO2/c1-13(14)6-7-16-12(9-13)10-4-3-5-11(8-10)15-2/h3-5,8,12H,6-7,9H2,1-2H3. The number of hydrogen-bond acceptors (Lipinski definition) is 2. The van der Waals surface area contributed by atoms with Crippen molar-refractivity contribution in [3.63, 3.8) is 0 Å². The fourth-order valence-corrected chi connectivity index (χ4v) is 2.23. The smallest absolute Gasteiger partial charge is 0.119 e. The van der Waals surface area contributed by atoms with Gasteiger partial charge in [-0.15, -0.1) is 11.6 Å². The van der Waals surface area contributed by atoms with E-state index < -0.39 is 0 Å². The van der Waals surface area contributed by atoms with E-state index in [0.29, 0.717) is 0 Å². The van der Waals surface area contributed by atoms with Crippen molar-refractivity contribution in [1.82, 2.24) is 0 Å². The molecule has 2 rings (SSSR count). The Labute approximate surface area is 102 Å². The van der Waals surface area contributed by atoms with Gasteiger partial charge in [-0.3, -0.25) is 0 Å². The van der Waals surface area contributed by atoms with E-state index in [4.69, 9.17) is 21.1 Å². The molecule has 2 nitrogen and oxygen atoms in total. The van der Waals surface area contributed by atoms with Gasteiger partial charge in [0.25, 0.3) is 0 Å². The monoisotopic (exact) mass is 240 g/mol. The van der Waals surface area contributed by atoms with Gasteiger partial charge in [-0.25, -0.2) is 0 Å². The molecule has 0 spiro atoms.